The van der Waals surface area contributed by atoms with Crippen molar-refractivity contribution in [1.82, 2.24) is 0 Å². The van der Waals surface area contributed by atoms with Crippen LogP contribution in [0.2, 0.25) is 0 Å². The number of rotatable bonds is 6. The molecule has 0 aliphatic carbocycles. The highest BCUT2D eigenvalue weighted by molar-refractivity contribution is 7.26. The molecule has 0 spiro atoms. The van der Waals surface area contributed by atoms with Gasteiger partial charge in [0.25, 0.3) is 0 Å². The Morgan fingerprint density at radius 1 is 0.512 bits per heavy atom. The van der Waals surface area contributed by atoms with Gasteiger partial charge in [0.2, 0.25) is 0 Å². The number of nitrogens with zero attached hydrogens (tertiary/aromatic N) is 1. The summed E-state index contributed by atoms with van der Waals surface area (Å²) in [5, 5.41) is 22.6. The third kappa shape index (κ3) is 4.70. The molecule has 1 heterocycles. The fourth-order valence-electron chi connectivity index (χ4n) is 5.54. The zero-order chi connectivity index (χ0) is 27.8. The zero-order valence-electron chi connectivity index (χ0n) is 22.2. The summed E-state index contributed by atoms with van der Waals surface area (Å²) in [5.74, 6) is 0. The number of fused-ring (bicyclic) bond motifs is 3. The molecule has 41 heavy (non-hydrogen) atoms. The summed E-state index contributed by atoms with van der Waals surface area (Å²) in [5.41, 5.74) is 7.72. The number of anilines is 3. The number of benzene rings is 6. The SMILES string of the molecule is OB(O)c1ccc(N(c2ccc(-c3ccccc3)cc2)c2cccc3sc4ccccc4c23)c(-c2ccccc2)c1. The van der Waals surface area contributed by atoms with E-state index in [0.29, 0.717) is 5.46 Å². The van der Waals surface area contributed by atoms with Crippen molar-refractivity contribution in [2.45, 2.75) is 0 Å². The van der Waals surface area contributed by atoms with Crippen LogP contribution in [0.4, 0.5) is 17.1 Å². The molecule has 7 aromatic rings. The van der Waals surface area contributed by atoms with Crippen molar-refractivity contribution in [1.29, 1.82) is 0 Å². The Labute approximate surface area is 243 Å². The van der Waals surface area contributed by atoms with E-state index >= 15 is 0 Å². The molecule has 0 aliphatic rings. The van der Waals surface area contributed by atoms with Crippen molar-refractivity contribution in [2.75, 3.05) is 4.90 Å². The molecule has 3 nitrogen and oxygen atoms in total. The van der Waals surface area contributed by atoms with Gasteiger partial charge in [-0.15, -0.1) is 11.3 Å². The maximum atomic E-state index is 10.1. The van der Waals surface area contributed by atoms with Gasteiger partial charge >= 0.3 is 7.12 Å². The van der Waals surface area contributed by atoms with Gasteiger partial charge in [0.05, 0.1) is 11.4 Å². The lowest BCUT2D eigenvalue weighted by Crippen LogP contribution is -2.30. The predicted octanol–water partition coefficient (Wildman–Crippen LogP) is 8.54. The highest BCUT2D eigenvalue weighted by atomic mass is 32.1. The van der Waals surface area contributed by atoms with Crippen LogP contribution in [0, 0.1) is 0 Å². The molecule has 196 valence electrons. The molecule has 0 radical (unpaired) electrons. The fourth-order valence-corrected chi connectivity index (χ4v) is 6.67. The molecule has 6 aromatic carbocycles. The van der Waals surface area contributed by atoms with E-state index in [-0.39, 0.29) is 0 Å². The molecule has 2 N–H and O–H groups in total. The summed E-state index contributed by atoms with van der Waals surface area (Å²) in [4.78, 5) is 2.30. The Balaban J connectivity index is 1.50. The van der Waals surface area contributed by atoms with Gasteiger partial charge in [-0.3, -0.25) is 0 Å². The summed E-state index contributed by atoms with van der Waals surface area (Å²) in [6, 6.07) is 49.9. The van der Waals surface area contributed by atoms with Crippen LogP contribution in [0.3, 0.4) is 0 Å². The molecular weight excluding hydrogens is 521 g/mol. The van der Waals surface area contributed by atoms with E-state index in [9.17, 15) is 10.0 Å². The molecule has 7 rings (SSSR count). The smallest absolute Gasteiger partial charge is 0.423 e. The first-order valence-electron chi connectivity index (χ1n) is 13.6. The summed E-state index contributed by atoms with van der Waals surface area (Å²) < 4.78 is 2.47. The molecule has 0 fully saturated rings. The lowest BCUT2D eigenvalue weighted by atomic mass is 9.78. The van der Waals surface area contributed by atoms with Gasteiger partial charge in [-0.1, -0.05) is 109 Å². The van der Waals surface area contributed by atoms with Gasteiger partial charge in [-0.2, -0.15) is 0 Å². The first-order chi connectivity index (χ1) is 20.2. The van der Waals surface area contributed by atoms with Crippen molar-refractivity contribution in [3.05, 3.63) is 146 Å². The molecule has 0 amide bonds. The molecule has 0 saturated carbocycles. The number of thiophene rings is 1. The Kier molecular flexibility index (Phi) is 6.61. The largest absolute Gasteiger partial charge is 0.488 e. The molecule has 5 heteroatoms. The first-order valence-corrected chi connectivity index (χ1v) is 14.4. The maximum absolute atomic E-state index is 10.1. The molecule has 0 aliphatic heterocycles. The number of hydrogen-bond acceptors (Lipinski definition) is 4. The lowest BCUT2D eigenvalue weighted by molar-refractivity contribution is 0.426. The predicted molar refractivity (Wildman–Crippen MR) is 175 cm³/mol. The van der Waals surface area contributed by atoms with Crippen LogP contribution >= 0.6 is 11.3 Å². The summed E-state index contributed by atoms with van der Waals surface area (Å²) in [6.07, 6.45) is 0. The van der Waals surface area contributed by atoms with Crippen LogP contribution in [0.15, 0.2) is 146 Å². The van der Waals surface area contributed by atoms with E-state index in [2.05, 4.69) is 108 Å². The first kappa shape index (κ1) is 25.3. The molecular formula is C36H26BNO2S. The Bertz CT molecular complexity index is 1970. The quantitative estimate of drug-likeness (QED) is 0.205. The molecule has 0 bridgehead atoms. The summed E-state index contributed by atoms with van der Waals surface area (Å²) in [6.45, 7) is 0. The number of hydrogen-bond donors (Lipinski definition) is 2. The second-order valence-corrected chi connectivity index (χ2v) is 11.1. The fraction of sp³-hybridized carbons (Fsp3) is 0. The molecule has 0 saturated heterocycles. The minimum absolute atomic E-state index is 0.450. The van der Waals surface area contributed by atoms with Crippen molar-refractivity contribution in [3.63, 3.8) is 0 Å². The zero-order valence-corrected chi connectivity index (χ0v) is 23.0. The highest BCUT2D eigenvalue weighted by Crippen LogP contribution is 2.47. The maximum Gasteiger partial charge on any atom is 0.488 e. The van der Waals surface area contributed by atoms with E-state index in [0.717, 1.165) is 33.8 Å². The van der Waals surface area contributed by atoms with Crippen LogP contribution in [0.25, 0.3) is 42.4 Å². The van der Waals surface area contributed by atoms with Gasteiger partial charge in [-0.25, -0.2) is 0 Å². The van der Waals surface area contributed by atoms with Gasteiger partial charge < -0.3 is 14.9 Å². The highest BCUT2D eigenvalue weighted by Gasteiger charge is 2.23. The van der Waals surface area contributed by atoms with E-state index in [4.69, 9.17) is 0 Å². The van der Waals surface area contributed by atoms with Crippen molar-refractivity contribution in [3.8, 4) is 22.3 Å². The minimum Gasteiger partial charge on any atom is -0.423 e. The third-order valence-electron chi connectivity index (χ3n) is 7.50. The average molecular weight is 547 g/mol. The Morgan fingerprint density at radius 3 is 1.88 bits per heavy atom. The van der Waals surface area contributed by atoms with Gasteiger partial charge in [0.1, 0.15) is 0 Å². The Hall–Kier alpha value is -4.68. The van der Waals surface area contributed by atoms with E-state index in [1.807, 2.05) is 36.4 Å². The third-order valence-corrected chi connectivity index (χ3v) is 8.63. The minimum atomic E-state index is -1.56. The molecule has 1 aromatic heterocycles. The van der Waals surface area contributed by atoms with Crippen molar-refractivity contribution in [2.24, 2.45) is 0 Å². The van der Waals surface area contributed by atoms with Crippen molar-refractivity contribution >= 4 is 61.2 Å². The Morgan fingerprint density at radius 2 is 1.15 bits per heavy atom. The average Bonchev–Trinajstić information content (AvgIpc) is 3.42. The van der Waals surface area contributed by atoms with Crippen LogP contribution in [0.1, 0.15) is 0 Å². The second kappa shape index (κ2) is 10.7. The van der Waals surface area contributed by atoms with Gasteiger partial charge in [-0.05, 0) is 58.6 Å². The standard InChI is InChI=1S/C36H26BNO2S/c39-37(40)28-20-23-32(31(24-28)27-12-5-2-6-13-27)38(29-21-18-26(19-22-29)25-10-3-1-4-11-25)33-15-9-17-35-36(33)30-14-7-8-16-34(30)41-35/h1-24,39-40H. The van der Waals surface area contributed by atoms with E-state index in [1.54, 1.807) is 17.4 Å². The van der Waals surface area contributed by atoms with Crippen LogP contribution in [0.5, 0.6) is 0 Å². The topological polar surface area (TPSA) is 43.7 Å². The molecule has 0 unspecified atom stereocenters. The van der Waals surface area contributed by atoms with Crippen LogP contribution < -0.4 is 10.4 Å². The van der Waals surface area contributed by atoms with Crippen LogP contribution in [-0.4, -0.2) is 17.2 Å². The monoisotopic (exact) mass is 547 g/mol. The van der Waals surface area contributed by atoms with E-state index in [1.165, 1.54) is 25.7 Å². The normalized spacial score (nSPS) is 11.2. The van der Waals surface area contributed by atoms with Gasteiger partial charge in [0.15, 0.2) is 0 Å². The van der Waals surface area contributed by atoms with Gasteiger partial charge in [0, 0.05) is 31.4 Å². The summed E-state index contributed by atoms with van der Waals surface area (Å²) in [7, 11) is -1.56. The molecule has 0 atom stereocenters. The van der Waals surface area contributed by atoms with Crippen molar-refractivity contribution < 1.29 is 10.0 Å². The second-order valence-electron chi connectivity index (χ2n) is 10.0. The van der Waals surface area contributed by atoms with Crippen LogP contribution in [-0.2, 0) is 0 Å². The van der Waals surface area contributed by atoms with E-state index < -0.39 is 7.12 Å². The lowest BCUT2D eigenvalue weighted by Gasteiger charge is -2.29. The summed E-state index contributed by atoms with van der Waals surface area (Å²) >= 11 is 1.80.